The van der Waals surface area contributed by atoms with Crippen LogP contribution >= 0.6 is 0 Å². The average Bonchev–Trinajstić information content (AvgIpc) is 2.82. The Balaban J connectivity index is 2.50. The first-order valence-electron chi connectivity index (χ1n) is 6.17. The Morgan fingerprint density at radius 2 is 2.17 bits per heavy atom. The lowest BCUT2D eigenvalue weighted by Gasteiger charge is -2.05. The molecule has 0 amide bonds. The Morgan fingerprint density at radius 3 is 2.72 bits per heavy atom. The summed E-state index contributed by atoms with van der Waals surface area (Å²) < 4.78 is 1.85. The molecule has 0 aliphatic heterocycles. The number of aromatic amines is 1. The van der Waals surface area contributed by atoms with Crippen molar-refractivity contribution in [3.05, 3.63) is 34.0 Å². The van der Waals surface area contributed by atoms with Crippen LogP contribution in [0.2, 0.25) is 0 Å². The minimum absolute atomic E-state index is 0.0749. The van der Waals surface area contributed by atoms with E-state index in [0.717, 1.165) is 17.7 Å². The number of H-pyrrole nitrogens is 1. The van der Waals surface area contributed by atoms with Crippen molar-refractivity contribution >= 4 is 0 Å². The normalized spacial score (nSPS) is 11.2. The number of hydrogen-bond acceptors (Lipinski definition) is 3. The molecule has 2 aromatic rings. The topological polar surface area (TPSA) is 63.6 Å². The van der Waals surface area contributed by atoms with E-state index in [1.54, 1.807) is 13.1 Å². The van der Waals surface area contributed by atoms with Crippen molar-refractivity contribution in [3.63, 3.8) is 0 Å². The van der Waals surface area contributed by atoms with E-state index < -0.39 is 0 Å². The fourth-order valence-electron chi connectivity index (χ4n) is 1.80. The lowest BCUT2D eigenvalue weighted by Crippen LogP contribution is -2.15. The fraction of sp³-hybridized carbons (Fsp3) is 0.462. The molecule has 0 spiro atoms. The summed E-state index contributed by atoms with van der Waals surface area (Å²) in [5.74, 6) is 0.592. The van der Waals surface area contributed by atoms with E-state index in [-0.39, 0.29) is 5.56 Å². The molecule has 0 saturated heterocycles. The molecule has 0 aromatic carbocycles. The van der Waals surface area contributed by atoms with Gasteiger partial charge in [-0.1, -0.05) is 6.92 Å². The Kier molecular flexibility index (Phi) is 3.32. The molecule has 0 aliphatic rings. The number of nitrogens with zero attached hydrogens (tertiary/aromatic N) is 3. The maximum atomic E-state index is 11.8. The number of rotatable bonds is 3. The highest BCUT2D eigenvalue weighted by atomic mass is 16.1. The van der Waals surface area contributed by atoms with Crippen LogP contribution in [0.15, 0.2) is 17.2 Å². The predicted molar refractivity (Wildman–Crippen MR) is 70.6 cm³/mol. The van der Waals surface area contributed by atoms with Gasteiger partial charge in [0, 0.05) is 17.8 Å². The second-order valence-electron chi connectivity index (χ2n) is 4.64. The summed E-state index contributed by atoms with van der Waals surface area (Å²) >= 11 is 0. The van der Waals surface area contributed by atoms with Crippen molar-refractivity contribution in [1.82, 2.24) is 19.7 Å². The van der Waals surface area contributed by atoms with E-state index in [2.05, 4.69) is 28.9 Å². The van der Waals surface area contributed by atoms with Gasteiger partial charge in [0.1, 0.15) is 5.82 Å². The summed E-state index contributed by atoms with van der Waals surface area (Å²) in [7, 11) is 0. The van der Waals surface area contributed by atoms with Gasteiger partial charge in [-0.15, -0.1) is 0 Å². The molecule has 2 heterocycles. The Hall–Kier alpha value is -1.91. The molecule has 0 fully saturated rings. The van der Waals surface area contributed by atoms with Gasteiger partial charge in [0.2, 0.25) is 0 Å². The summed E-state index contributed by atoms with van der Waals surface area (Å²) in [6.07, 6.45) is 4.38. The number of nitrogens with one attached hydrogen (secondary N) is 1. The fourth-order valence-corrected chi connectivity index (χ4v) is 1.80. The van der Waals surface area contributed by atoms with Crippen molar-refractivity contribution in [3.8, 4) is 11.4 Å². The van der Waals surface area contributed by atoms with Gasteiger partial charge in [0.15, 0.2) is 0 Å². The molecule has 0 unspecified atom stereocenters. The average molecular weight is 246 g/mol. The zero-order valence-corrected chi connectivity index (χ0v) is 11.2. The summed E-state index contributed by atoms with van der Waals surface area (Å²) in [5.41, 5.74) is 2.30. The highest BCUT2D eigenvalue weighted by molar-refractivity contribution is 5.52. The standard InChI is InChI=1S/C13H18N4O/c1-5-11-9(4)13(18)16-12(15-11)10-6-14-17(7-10)8(2)3/h6-8H,5H2,1-4H3,(H,15,16,18). The molecule has 5 heteroatoms. The Bertz CT molecular complexity index is 610. The number of hydrogen-bond donors (Lipinski definition) is 1. The summed E-state index contributed by atoms with van der Waals surface area (Å²) in [6.45, 7) is 7.90. The second-order valence-corrected chi connectivity index (χ2v) is 4.64. The molecule has 18 heavy (non-hydrogen) atoms. The third-order valence-electron chi connectivity index (χ3n) is 2.99. The monoisotopic (exact) mass is 246 g/mol. The van der Waals surface area contributed by atoms with E-state index in [1.165, 1.54) is 0 Å². The van der Waals surface area contributed by atoms with Gasteiger partial charge in [-0.3, -0.25) is 9.48 Å². The molecular weight excluding hydrogens is 228 g/mol. The van der Waals surface area contributed by atoms with E-state index >= 15 is 0 Å². The molecule has 96 valence electrons. The van der Waals surface area contributed by atoms with Crippen LogP contribution in [0, 0.1) is 6.92 Å². The zero-order chi connectivity index (χ0) is 13.3. The molecule has 0 bridgehead atoms. The van der Waals surface area contributed by atoms with Crippen LogP contribution < -0.4 is 5.56 Å². The molecule has 2 aromatic heterocycles. The Labute approximate surface area is 106 Å². The van der Waals surface area contributed by atoms with E-state index in [1.807, 2.05) is 17.8 Å². The van der Waals surface area contributed by atoms with Gasteiger partial charge in [-0.05, 0) is 27.2 Å². The van der Waals surface area contributed by atoms with Crippen molar-refractivity contribution in [2.45, 2.75) is 40.2 Å². The van der Waals surface area contributed by atoms with Crippen molar-refractivity contribution in [2.24, 2.45) is 0 Å². The Morgan fingerprint density at radius 1 is 1.44 bits per heavy atom. The molecule has 0 atom stereocenters. The lowest BCUT2D eigenvalue weighted by atomic mass is 10.2. The number of aryl methyl sites for hydroxylation is 1. The third-order valence-corrected chi connectivity index (χ3v) is 2.99. The van der Waals surface area contributed by atoms with E-state index in [0.29, 0.717) is 17.4 Å². The summed E-state index contributed by atoms with van der Waals surface area (Å²) in [6, 6.07) is 0.293. The maximum absolute atomic E-state index is 11.8. The highest BCUT2D eigenvalue weighted by Crippen LogP contribution is 2.15. The van der Waals surface area contributed by atoms with Crippen LogP contribution in [0.5, 0.6) is 0 Å². The van der Waals surface area contributed by atoms with Crippen molar-refractivity contribution in [2.75, 3.05) is 0 Å². The van der Waals surface area contributed by atoms with Crippen LogP contribution in [0.3, 0.4) is 0 Å². The second kappa shape index (κ2) is 4.76. The first-order valence-corrected chi connectivity index (χ1v) is 6.17. The maximum Gasteiger partial charge on any atom is 0.254 e. The first kappa shape index (κ1) is 12.5. The summed E-state index contributed by atoms with van der Waals surface area (Å²) in [5, 5.41) is 4.25. The van der Waals surface area contributed by atoms with E-state index in [9.17, 15) is 4.79 Å². The van der Waals surface area contributed by atoms with Crippen LogP contribution in [0.25, 0.3) is 11.4 Å². The zero-order valence-electron chi connectivity index (χ0n) is 11.2. The van der Waals surface area contributed by atoms with Crippen LogP contribution in [0.1, 0.15) is 38.1 Å². The van der Waals surface area contributed by atoms with Gasteiger partial charge in [0.25, 0.3) is 5.56 Å². The van der Waals surface area contributed by atoms with Crippen LogP contribution in [-0.4, -0.2) is 19.7 Å². The van der Waals surface area contributed by atoms with Crippen molar-refractivity contribution in [1.29, 1.82) is 0 Å². The third kappa shape index (κ3) is 2.20. The minimum Gasteiger partial charge on any atom is -0.306 e. The predicted octanol–water partition coefficient (Wildman–Crippen LogP) is 2.09. The molecular formula is C13H18N4O. The molecule has 0 saturated carbocycles. The highest BCUT2D eigenvalue weighted by Gasteiger charge is 2.10. The van der Waals surface area contributed by atoms with E-state index in [4.69, 9.17) is 0 Å². The van der Waals surface area contributed by atoms with Gasteiger partial charge < -0.3 is 4.98 Å². The van der Waals surface area contributed by atoms with Gasteiger partial charge in [-0.2, -0.15) is 5.10 Å². The first-order chi connectivity index (χ1) is 8.52. The molecule has 0 aliphatic carbocycles. The van der Waals surface area contributed by atoms with Crippen LogP contribution in [0.4, 0.5) is 0 Å². The van der Waals surface area contributed by atoms with Gasteiger partial charge in [-0.25, -0.2) is 4.98 Å². The van der Waals surface area contributed by atoms with Crippen LogP contribution in [-0.2, 0) is 6.42 Å². The number of aromatic nitrogens is 4. The molecule has 0 radical (unpaired) electrons. The smallest absolute Gasteiger partial charge is 0.254 e. The molecule has 5 nitrogen and oxygen atoms in total. The van der Waals surface area contributed by atoms with Crippen molar-refractivity contribution < 1.29 is 0 Å². The largest absolute Gasteiger partial charge is 0.306 e. The SMILES string of the molecule is CCc1nc(-c2cnn(C(C)C)c2)[nH]c(=O)c1C. The molecule has 1 N–H and O–H groups in total. The summed E-state index contributed by atoms with van der Waals surface area (Å²) in [4.78, 5) is 19.1. The quantitative estimate of drug-likeness (QED) is 0.901. The molecule has 2 rings (SSSR count). The minimum atomic E-state index is -0.0749. The van der Waals surface area contributed by atoms with Gasteiger partial charge in [0.05, 0.1) is 17.5 Å². The lowest BCUT2D eigenvalue weighted by molar-refractivity contribution is 0.532. The van der Waals surface area contributed by atoms with Gasteiger partial charge >= 0.3 is 0 Å².